The van der Waals surface area contributed by atoms with Crippen molar-refractivity contribution >= 4 is 21.6 Å². The summed E-state index contributed by atoms with van der Waals surface area (Å²) in [6.07, 6.45) is 2.93. The minimum atomic E-state index is -2.80. The zero-order valence-corrected chi connectivity index (χ0v) is 13.1. The minimum absolute atomic E-state index is 0.273. The van der Waals surface area contributed by atoms with Gasteiger partial charge in [-0.05, 0) is 49.3 Å². The van der Waals surface area contributed by atoms with Crippen molar-refractivity contribution in [3.63, 3.8) is 0 Å². The molecule has 1 saturated heterocycles. The molecule has 5 heteroatoms. The first kappa shape index (κ1) is 14.4. The van der Waals surface area contributed by atoms with Gasteiger partial charge < -0.3 is 5.73 Å². The lowest BCUT2D eigenvalue weighted by Gasteiger charge is -2.23. The van der Waals surface area contributed by atoms with Crippen LogP contribution in [-0.2, 0) is 16.3 Å². The molecule has 110 valence electrons. The fourth-order valence-corrected chi connectivity index (χ4v) is 6.74. The highest BCUT2D eigenvalue weighted by molar-refractivity contribution is 8.00. The molecule has 3 unspecified atom stereocenters. The average Bonchev–Trinajstić information content (AvgIpc) is 2.98. The zero-order valence-electron chi connectivity index (χ0n) is 11.5. The average molecular weight is 311 g/mol. The van der Waals surface area contributed by atoms with Crippen molar-refractivity contribution in [1.82, 2.24) is 0 Å². The van der Waals surface area contributed by atoms with Crippen LogP contribution in [0.3, 0.4) is 0 Å². The molecule has 0 aromatic heterocycles. The van der Waals surface area contributed by atoms with Gasteiger partial charge >= 0.3 is 0 Å². The summed E-state index contributed by atoms with van der Waals surface area (Å²) in [4.78, 5) is 1.38. The van der Waals surface area contributed by atoms with Crippen molar-refractivity contribution in [2.75, 3.05) is 18.1 Å². The van der Waals surface area contributed by atoms with E-state index in [1.807, 2.05) is 11.8 Å². The molecule has 0 bridgehead atoms. The fourth-order valence-electron chi connectivity index (χ4n) is 3.40. The Kier molecular flexibility index (Phi) is 4.11. The zero-order chi connectivity index (χ0) is 14.2. The first-order valence-corrected chi connectivity index (χ1v) is 9.92. The van der Waals surface area contributed by atoms with Gasteiger partial charge in [0.15, 0.2) is 9.84 Å². The molecule has 2 aliphatic heterocycles. The molecule has 0 saturated carbocycles. The van der Waals surface area contributed by atoms with Gasteiger partial charge in [0.2, 0.25) is 0 Å². The van der Waals surface area contributed by atoms with Crippen LogP contribution in [0.1, 0.15) is 18.4 Å². The van der Waals surface area contributed by atoms with Crippen LogP contribution >= 0.6 is 11.8 Å². The topological polar surface area (TPSA) is 60.2 Å². The van der Waals surface area contributed by atoms with Gasteiger partial charge in [-0.15, -0.1) is 11.8 Å². The van der Waals surface area contributed by atoms with Crippen LogP contribution in [0, 0.1) is 11.8 Å². The predicted octanol–water partition coefficient (Wildman–Crippen LogP) is 2.10. The summed E-state index contributed by atoms with van der Waals surface area (Å²) in [6, 6.07) is 8.54. The third kappa shape index (κ3) is 3.05. The van der Waals surface area contributed by atoms with Gasteiger partial charge in [0.25, 0.3) is 0 Å². The number of thioether (sulfide) groups is 1. The molecule has 0 amide bonds. The maximum Gasteiger partial charge on any atom is 0.150 e. The van der Waals surface area contributed by atoms with E-state index in [4.69, 9.17) is 5.73 Å². The molecular formula is C15H21NO2S2. The van der Waals surface area contributed by atoms with Crippen molar-refractivity contribution in [3.05, 3.63) is 29.8 Å². The van der Waals surface area contributed by atoms with E-state index in [2.05, 4.69) is 24.3 Å². The molecule has 2 aliphatic rings. The lowest BCUT2D eigenvalue weighted by Crippen LogP contribution is -2.27. The first-order valence-electron chi connectivity index (χ1n) is 7.22. The van der Waals surface area contributed by atoms with Gasteiger partial charge in [-0.25, -0.2) is 8.42 Å². The Balaban J connectivity index is 1.63. The number of fused-ring (bicyclic) bond motifs is 1. The van der Waals surface area contributed by atoms with E-state index in [0.717, 1.165) is 19.3 Å². The minimum Gasteiger partial charge on any atom is -0.330 e. The maximum absolute atomic E-state index is 11.6. The molecule has 2 heterocycles. The lowest BCUT2D eigenvalue weighted by atomic mass is 9.87. The van der Waals surface area contributed by atoms with Crippen molar-refractivity contribution in [2.45, 2.75) is 29.4 Å². The molecule has 0 aliphatic carbocycles. The van der Waals surface area contributed by atoms with E-state index >= 15 is 0 Å². The second-order valence-electron chi connectivity index (χ2n) is 5.95. The highest BCUT2D eigenvalue weighted by Crippen LogP contribution is 2.41. The Morgan fingerprint density at radius 3 is 2.80 bits per heavy atom. The number of rotatable bonds is 4. The van der Waals surface area contributed by atoms with Crippen LogP contribution in [0.25, 0.3) is 0 Å². The molecule has 0 radical (unpaired) electrons. The van der Waals surface area contributed by atoms with E-state index in [1.54, 1.807) is 0 Å². The third-order valence-electron chi connectivity index (χ3n) is 4.52. The Bertz CT molecular complexity index is 560. The Labute approximate surface area is 125 Å². The van der Waals surface area contributed by atoms with E-state index < -0.39 is 9.84 Å². The second-order valence-corrected chi connectivity index (χ2v) is 9.52. The van der Waals surface area contributed by atoms with Gasteiger partial charge in [-0.3, -0.25) is 0 Å². The maximum atomic E-state index is 11.6. The molecule has 3 atom stereocenters. The van der Waals surface area contributed by atoms with Crippen molar-refractivity contribution in [1.29, 1.82) is 0 Å². The van der Waals surface area contributed by atoms with Crippen LogP contribution in [0.5, 0.6) is 0 Å². The normalized spacial score (nSPS) is 29.2. The monoisotopic (exact) mass is 311 g/mol. The number of nitrogens with two attached hydrogens (primary N) is 1. The van der Waals surface area contributed by atoms with E-state index in [9.17, 15) is 8.42 Å². The summed E-state index contributed by atoms with van der Waals surface area (Å²) < 4.78 is 23.3. The van der Waals surface area contributed by atoms with Gasteiger partial charge in [-0.1, -0.05) is 18.2 Å². The van der Waals surface area contributed by atoms with Crippen molar-refractivity contribution in [3.8, 4) is 0 Å². The van der Waals surface area contributed by atoms with Crippen LogP contribution < -0.4 is 5.73 Å². The van der Waals surface area contributed by atoms with Crippen molar-refractivity contribution < 1.29 is 8.42 Å². The number of hydrogen-bond acceptors (Lipinski definition) is 4. The van der Waals surface area contributed by atoms with E-state index in [-0.39, 0.29) is 5.92 Å². The molecule has 1 aromatic rings. The molecule has 1 aromatic carbocycles. The molecular weight excluding hydrogens is 290 g/mol. The third-order valence-corrected chi connectivity index (χ3v) is 7.65. The predicted molar refractivity (Wildman–Crippen MR) is 83.7 cm³/mol. The van der Waals surface area contributed by atoms with Gasteiger partial charge in [-0.2, -0.15) is 0 Å². The SMILES string of the molecule is NCC(CC1Cc2ccccc2S1)C1CCS(=O)(=O)C1. The molecule has 3 rings (SSSR count). The van der Waals surface area contributed by atoms with Gasteiger partial charge in [0.1, 0.15) is 0 Å². The van der Waals surface area contributed by atoms with Crippen molar-refractivity contribution in [2.24, 2.45) is 17.6 Å². The second kappa shape index (κ2) is 5.70. The summed E-state index contributed by atoms with van der Waals surface area (Å²) in [5.74, 6) is 1.32. The summed E-state index contributed by atoms with van der Waals surface area (Å²) >= 11 is 1.93. The first-order chi connectivity index (χ1) is 9.57. The molecule has 3 nitrogen and oxygen atoms in total. The van der Waals surface area contributed by atoms with Crippen LogP contribution in [0.15, 0.2) is 29.2 Å². The summed E-state index contributed by atoms with van der Waals surface area (Å²) in [7, 11) is -2.80. The molecule has 0 spiro atoms. The smallest absolute Gasteiger partial charge is 0.150 e. The highest BCUT2D eigenvalue weighted by Gasteiger charge is 2.35. The fraction of sp³-hybridized carbons (Fsp3) is 0.600. The van der Waals surface area contributed by atoms with E-state index in [0.29, 0.717) is 29.2 Å². The summed E-state index contributed by atoms with van der Waals surface area (Å²) in [6.45, 7) is 0.605. The van der Waals surface area contributed by atoms with Crippen LogP contribution in [0.2, 0.25) is 0 Å². The largest absolute Gasteiger partial charge is 0.330 e. The Morgan fingerprint density at radius 1 is 1.35 bits per heavy atom. The molecule has 20 heavy (non-hydrogen) atoms. The van der Waals surface area contributed by atoms with Gasteiger partial charge in [0, 0.05) is 10.1 Å². The molecule has 1 fully saturated rings. The highest BCUT2D eigenvalue weighted by atomic mass is 32.2. The number of sulfone groups is 1. The van der Waals surface area contributed by atoms with Gasteiger partial charge in [0.05, 0.1) is 11.5 Å². The van der Waals surface area contributed by atoms with E-state index in [1.165, 1.54) is 10.5 Å². The van der Waals surface area contributed by atoms with Crippen LogP contribution in [-0.4, -0.2) is 31.7 Å². The number of hydrogen-bond donors (Lipinski definition) is 1. The summed E-state index contributed by atoms with van der Waals surface area (Å²) in [5, 5.41) is 0.559. The Morgan fingerprint density at radius 2 is 2.15 bits per heavy atom. The lowest BCUT2D eigenvalue weighted by molar-refractivity contribution is 0.347. The molecule has 2 N–H and O–H groups in total. The summed E-state index contributed by atoms with van der Waals surface area (Å²) in [5.41, 5.74) is 7.35. The quantitative estimate of drug-likeness (QED) is 0.925. The van der Waals surface area contributed by atoms with Crippen LogP contribution in [0.4, 0.5) is 0 Å². The number of benzene rings is 1. The Hall–Kier alpha value is -0.520. The standard InChI is InChI=1S/C15H21NO2S2/c16-9-13(12-5-6-20(17,18)10-12)8-14-7-11-3-1-2-4-15(11)19-14/h1-4,12-14H,5-10,16H2.